The zero-order chi connectivity index (χ0) is 44.5. The van der Waals surface area contributed by atoms with Crippen molar-refractivity contribution in [3.05, 3.63) is 252 Å². The fourth-order valence-electron chi connectivity index (χ4n) is 8.25. The zero-order valence-corrected chi connectivity index (χ0v) is 38.2. The van der Waals surface area contributed by atoms with E-state index in [1.807, 2.05) is 26.8 Å². The number of thioether (sulfide) groups is 1. The molecule has 0 atom stereocenters. The summed E-state index contributed by atoms with van der Waals surface area (Å²) in [5, 5.41) is 9.90. The predicted octanol–water partition coefficient (Wildman–Crippen LogP) is 17.7. The molecule has 0 aliphatic rings. The maximum absolute atomic E-state index is 5.29. The number of hydrogen-bond donors (Lipinski definition) is 0. The quantitative estimate of drug-likeness (QED) is 0.104. The van der Waals surface area contributed by atoms with E-state index in [9.17, 15) is 0 Å². The summed E-state index contributed by atoms with van der Waals surface area (Å²) in [4.78, 5) is 6.42. The molecule has 0 radical (unpaired) electrons. The topological polar surface area (TPSA) is 12.4 Å². The fraction of sp³-hybridized carbons (Fsp3) is 0.0984. The summed E-state index contributed by atoms with van der Waals surface area (Å²) in [6.07, 6.45) is 2.12. The van der Waals surface area contributed by atoms with Crippen LogP contribution in [-0.4, -0.2) is 12.0 Å². The van der Waals surface area contributed by atoms with Gasteiger partial charge >= 0.3 is 0 Å². The Morgan fingerprint density at radius 2 is 0.889 bits per heavy atom. The first-order valence-corrected chi connectivity index (χ1v) is 22.9. The molecule has 9 rings (SSSR count). The highest BCUT2D eigenvalue weighted by Gasteiger charge is 2.17. The van der Waals surface area contributed by atoms with E-state index < -0.39 is 0 Å². The third-order valence-electron chi connectivity index (χ3n) is 11.5. The summed E-state index contributed by atoms with van der Waals surface area (Å²) >= 11 is 1.72. The summed E-state index contributed by atoms with van der Waals surface area (Å²) in [5.74, 6) is 0. The van der Waals surface area contributed by atoms with Crippen molar-refractivity contribution in [1.82, 2.24) is 0 Å². The minimum atomic E-state index is 0.748. The Balaban J connectivity index is 0.000000202. The van der Waals surface area contributed by atoms with E-state index in [0.29, 0.717) is 0 Å². The predicted molar refractivity (Wildman–Crippen MR) is 283 cm³/mol. The van der Waals surface area contributed by atoms with Gasteiger partial charge in [-0.25, -0.2) is 4.99 Å². The monoisotopic (exact) mass is 833 g/mol. The Kier molecular flexibility index (Phi) is 14.2. The van der Waals surface area contributed by atoms with E-state index in [1.54, 1.807) is 11.8 Å². The van der Waals surface area contributed by atoms with E-state index in [2.05, 4.69) is 222 Å². The molecular formula is C61H55NS. The summed E-state index contributed by atoms with van der Waals surface area (Å²) in [6, 6.07) is 66.2. The fourth-order valence-corrected chi connectivity index (χ4v) is 9.04. The highest BCUT2D eigenvalue weighted by Crippen LogP contribution is 2.37. The number of rotatable bonds is 9. The Morgan fingerprint density at radius 1 is 0.444 bits per heavy atom. The molecule has 2 heteroatoms. The lowest BCUT2D eigenvalue weighted by Crippen LogP contribution is -2.06. The van der Waals surface area contributed by atoms with Gasteiger partial charge in [-0.1, -0.05) is 215 Å². The Bertz CT molecular complexity index is 3180. The molecule has 9 aromatic rings. The van der Waals surface area contributed by atoms with E-state index in [4.69, 9.17) is 4.99 Å². The molecule has 0 spiro atoms. The highest BCUT2D eigenvalue weighted by molar-refractivity contribution is 8.03. The van der Waals surface area contributed by atoms with Crippen LogP contribution in [0.15, 0.2) is 218 Å². The lowest BCUT2D eigenvalue weighted by atomic mass is 9.89. The second-order valence-corrected chi connectivity index (χ2v) is 16.3. The highest BCUT2D eigenvalue weighted by atomic mass is 32.2. The van der Waals surface area contributed by atoms with Crippen molar-refractivity contribution < 1.29 is 0 Å². The van der Waals surface area contributed by atoms with E-state index >= 15 is 0 Å². The zero-order valence-electron chi connectivity index (χ0n) is 37.4. The van der Waals surface area contributed by atoms with Gasteiger partial charge in [0.2, 0.25) is 0 Å². The summed E-state index contributed by atoms with van der Waals surface area (Å²) < 4.78 is 0. The van der Waals surface area contributed by atoms with Crippen LogP contribution in [0.1, 0.15) is 66.6 Å². The van der Waals surface area contributed by atoms with E-state index in [-0.39, 0.29) is 0 Å². The number of benzene rings is 9. The van der Waals surface area contributed by atoms with Gasteiger partial charge in [0, 0.05) is 16.0 Å². The van der Waals surface area contributed by atoms with Crippen LogP contribution in [-0.2, 0) is 0 Å². The van der Waals surface area contributed by atoms with Crippen molar-refractivity contribution in [2.75, 3.05) is 6.26 Å². The number of aliphatic imine (C=N–C) groups is 1. The minimum Gasteiger partial charge on any atom is -0.247 e. The maximum Gasteiger partial charge on any atom is 0.0847 e. The van der Waals surface area contributed by atoms with Crippen LogP contribution in [0, 0.1) is 6.92 Å². The molecule has 0 aromatic heterocycles. The van der Waals surface area contributed by atoms with Gasteiger partial charge in [0.1, 0.15) is 0 Å². The standard InChI is InChI=1S/C36H31NS.C23H18.C2H6/c1-24(2)27-19-21-29(22-20-27)35(36(38-5)25(3)28-13-7-6-8-14-28)37-26(4)34-23-30-15-9-10-16-31(30)32-17-11-12-18-33(32)34;1-16-9-3-5-11-19(16)17(2)23-15-18-10-4-6-12-20(18)21-13-7-8-14-22(21)23;1-2/h6-23H,1,4H2,2-3,5H3;3-15H,2H2,1H3;1-2H3/b36-25-,37-35?;;. The van der Waals surface area contributed by atoms with E-state index in [0.717, 1.165) is 49.5 Å². The van der Waals surface area contributed by atoms with Crippen molar-refractivity contribution >= 4 is 83.0 Å². The summed E-state index contributed by atoms with van der Waals surface area (Å²) in [5.41, 5.74) is 13.1. The second-order valence-electron chi connectivity index (χ2n) is 15.5. The maximum atomic E-state index is 5.29. The molecule has 0 unspecified atom stereocenters. The second kappa shape index (κ2) is 20.2. The van der Waals surface area contributed by atoms with Crippen LogP contribution < -0.4 is 0 Å². The van der Waals surface area contributed by atoms with Crippen LogP contribution in [0.4, 0.5) is 0 Å². The van der Waals surface area contributed by atoms with Gasteiger partial charge in [0.15, 0.2) is 0 Å². The Morgan fingerprint density at radius 3 is 1.43 bits per heavy atom. The third-order valence-corrected chi connectivity index (χ3v) is 12.4. The number of nitrogens with zero attached hydrogens (tertiary/aromatic N) is 1. The van der Waals surface area contributed by atoms with Gasteiger partial charge in [0.25, 0.3) is 0 Å². The number of allylic oxidation sites excluding steroid dienone is 3. The molecule has 0 amide bonds. The smallest absolute Gasteiger partial charge is 0.0847 e. The SMILES string of the molecule is C=C(C)c1ccc(C(=NC(=C)c2cc3ccccc3c3ccccc23)/C(SC)=C(\C)c2ccccc2)cc1.C=C(c1ccccc1C)c1cc2ccccc2c2ccccc12.CC. The van der Waals surface area contributed by atoms with Gasteiger partial charge in [-0.2, -0.15) is 0 Å². The molecule has 0 bridgehead atoms. The Labute approximate surface area is 378 Å². The van der Waals surface area contributed by atoms with E-state index in [1.165, 1.54) is 65.5 Å². The average molecular weight is 834 g/mol. The lowest BCUT2D eigenvalue weighted by molar-refractivity contribution is 1.42. The summed E-state index contributed by atoms with van der Waals surface area (Å²) in [7, 11) is 0. The molecule has 0 fully saturated rings. The number of aryl methyl sites for hydroxylation is 1. The molecule has 1 nitrogen and oxygen atoms in total. The van der Waals surface area contributed by atoms with Crippen molar-refractivity contribution in [2.45, 2.75) is 34.6 Å². The first kappa shape index (κ1) is 44.1. The molecule has 9 aromatic carbocycles. The molecule has 0 saturated heterocycles. The molecule has 63 heavy (non-hydrogen) atoms. The van der Waals surface area contributed by atoms with Crippen LogP contribution in [0.25, 0.3) is 65.5 Å². The molecule has 0 saturated carbocycles. The number of fused-ring (bicyclic) bond motifs is 6. The largest absolute Gasteiger partial charge is 0.247 e. The molecule has 0 aliphatic heterocycles. The normalized spacial score (nSPS) is 11.6. The summed E-state index contributed by atoms with van der Waals surface area (Å²) in [6.45, 7) is 23.4. The van der Waals surface area contributed by atoms with Crippen molar-refractivity contribution in [1.29, 1.82) is 0 Å². The van der Waals surface area contributed by atoms with Gasteiger partial charge < -0.3 is 0 Å². The van der Waals surface area contributed by atoms with Crippen LogP contribution in [0.2, 0.25) is 0 Å². The molecule has 0 N–H and O–H groups in total. The van der Waals surface area contributed by atoms with Crippen molar-refractivity contribution in [2.24, 2.45) is 4.99 Å². The van der Waals surface area contributed by atoms with Crippen LogP contribution >= 0.6 is 11.8 Å². The van der Waals surface area contributed by atoms with Crippen molar-refractivity contribution in [3.8, 4) is 0 Å². The van der Waals surface area contributed by atoms with Crippen LogP contribution in [0.5, 0.6) is 0 Å². The molecular weight excluding hydrogens is 779 g/mol. The lowest BCUT2D eigenvalue weighted by Gasteiger charge is -2.16. The third kappa shape index (κ3) is 9.43. The number of hydrogen-bond acceptors (Lipinski definition) is 2. The Hall–Kier alpha value is -7.00. The van der Waals surface area contributed by atoms with Gasteiger partial charge in [-0.3, -0.25) is 0 Å². The van der Waals surface area contributed by atoms with Crippen molar-refractivity contribution in [3.63, 3.8) is 0 Å². The molecule has 310 valence electrons. The first-order valence-electron chi connectivity index (χ1n) is 21.6. The van der Waals surface area contributed by atoms with Gasteiger partial charge in [-0.05, 0) is 121 Å². The van der Waals surface area contributed by atoms with Crippen LogP contribution in [0.3, 0.4) is 0 Å². The van der Waals surface area contributed by atoms with Gasteiger partial charge in [0.05, 0.1) is 11.4 Å². The molecule has 0 heterocycles. The van der Waals surface area contributed by atoms with Gasteiger partial charge in [-0.15, -0.1) is 11.8 Å². The minimum absolute atomic E-state index is 0.748. The average Bonchev–Trinajstić information content (AvgIpc) is 3.34. The molecule has 0 aliphatic carbocycles. The first-order chi connectivity index (χ1) is 30.7.